The van der Waals surface area contributed by atoms with Gasteiger partial charge in [-0.1, -0.05) is 6.92 Å². The van der Waals surface area contributed by atoms with E-state index in [0.717, 1.165) is 0 Å². The van der Waals surface area contributed by atoms with Gasteiger partial charge in [-0.25, -0.2) is 0 Å². The van der Waals surface area contributed by atoms with Gasteiger partial charge >= 0.3 is 5.97 Å². The van der Waals surface area contributed by atoms with Gasteiger partial charge in [-0.05, 0) is 27.2 Å². The van der Waals surface area contributed by atoms with Crippen LogP contribution in [0.2, 0.25) is 0 Å². The third-order valence-electron chi connectivity index (χ3n) is 1.52. The Balaban J connectivity index is 3.87. The highest BCUT2D eigenvalue weighted by Crippen LogP contribution is 2.14. The zero-order valence-corrected chi connectivity index (χ0v) is 8.39. The molecule has 12 heavy (non-hydrogen) atoms. The molecule has 0 aliphatic carbocycles. The molecule has 0 heterocycles. The molecule has 0 fully saturated rings. The van der Waals surface area contributed by atoms with E-state index in [1.165, 1.54) is 0 Å². The Morgan fingerprint density at radius 1 is 1.58 bits per heavy atom. The van der Waals surface area contributed by atoms with Crippen LogP contribution in [0.1, 0.15) is 34.1 Å². The predicted octanol–water partition coefficient (Wildman–Crippen LogP) is 1.31. The Kier molecular flexibility index (Phi) is 4.24. The van der Waals surface area contributed by atoms with E-state index >= 15 is 0 Å². The van der Waals surface area contributed by atoms with Gasteiger partial charge in [0.15, 0.2) is 0 Å². The van der Waals surface area contributed by atoms with E-state index < -0.39 is 0 Å². The van der Waals surface area contributed by atoms with Crippen molar-refractivity contribution in [3.05, 3.63) is 0 Å². The fourth-order valence-electron chi connectivity index (χ4n) is 1.16. The lowest BCUT2D eigenvalue weighted by atomic mass is 9.93. The smallest absolute Gasteiger partial charge is 0.308 e. The Morgan fingerprint density at radius 2 is 2.08 bits per heavy atom. The molecule has 0 rings (SSSR count). The fraction of sp³-hybridized carbons (Fsp3) is 0.889. The van der Waals surface area contributed by atoms with Crippen molar-refractivity contribution in [2.24, 2.45) is 11.7 Å². The van der Waals surface area contributed by atoms with Gasteiger partial charge in [0.2, 0.25) is 0 Å². The Morgan fingerprint density at radius 3 is 2.42 bits per heavy atom. The first-order valence-corrected chi connectivity index (χ1v) is 4.32. The van der Waals surface area contributed by atoms with Gasteiger partial charge in [0.1, 0.15) is 0 Å². The van der Waals surface area contributed by atoms with Crippen LogP contribution < -0.4 is 5.73 Å². The van der Waals surface area contributed by atoms with Crippen LogP contribution in [-0.4, -0.2) is 18.1 Å². The number of hydrogen-bond donors (Lipinski definition) is 1. The van der Waals surface area contributed by atoms with Crippen molar-refractivity contribution in [3.63, 3.8) is 0 Å². The number of hydrogen-bond acceptors (Lipinski definition) is 3. The Bertz CT molecular complexity index is 149. The number of rotatable bonds is 4. The first-order valence-electron chi connectivity index (χ1n) is 4.32. The second-order valence-electron chi connectivity index (χ2n) is 3.85. The summed E-state index contributed by atoms with van der Waals surface area (Å²) in [6, 6.07) is 0. The molecular weight excluding hydrogens is 154 g/mol. The molecule has 3 heteroatoms. The van der Waals surface area contributed by atoms with E-state index in [2.05, 4.69) is 0 Å². The van der Waals surface area contributed by atoms with Gasteiger partial charge in [0, 0.05) is 5.54 Å². The van der Waals surface area contributed by atoms with Crippen molar-refractivity contribution < 1.29 is 9.53 Å². The maximum Gasteiger partial charge on any atom is 0.308 e. The molecule has 3 nitrogen and oxygen atoms in total. The zero-order chi connectivity index (χ0) is 9.78. The van der Waals surface area contributed by atoms with Crippen LogP contribution in [0.15, 0.2) is 0 Å². The van der Waals surface area contributed by atoms with Crippen molar-refractivity contribution in [2.75, 3.05) is 6.61 Å². The summed E-state index contributed by atoms with van der Waals surface area (Å²) in [5, 5.41) is 0. The summed E-state index contributed by atoms with van der Waals surface area (Å²) in [7, 11) is 0. The van der Waals surface area contributed by atoms with Gasteiger partial charge in [0.25, 0.3) is 0 Å². The standard InChI is InChI=1S/C9H19NO2/c1-5-12-8(11)7(2)6-9(3,4)10/h7H,5-6,10H2,1-4H3. The van der Waals surface area contributed by atoms with E-state index in [1.807, 2.05) is 20.8 Å². The molecule has 72 valence electrons. The van der Waals surface area contributed by atoms with Crippen LogP contribution in [0.25, 0.3) is 0 Å². The largest absolute Gasteiger partial charge is 0.466 e. The minimum Gasteiger partial charge on any atom is -0.466 e. The van der Waals surface area contributed by atoms with Crippen molar-refractivity contribution in [2.45, 2.75) is 39.7 Å². The molecule has 0 saturated carbocycles. The normalized spacial score (nSPS) is 14.1. The molecule has 0 aromatic rings. The first kappa shape index (κ1) is 11.4. The van der Waals surface area contributed by atoms with Crippen molar-refractivity contribution in [3.8, 4) is 0 Å². The van der Waals surface area contributed by atoms with Crippen LogP contribution >= 0.6 is 0 Å². The lowest BCUT2D eigenvalue weighted by Crippen LogP contribution is -2.36. The number of carbonyl (C=O) groups excluding carboxylic acids is 1. The van der Waals surface area contributed by atoms with Gasteiger partial charge in [-0.2, -0.15) is 0 Å². The molecule has 0 radical (unpaired) electrons. The minimum atomic E-state index is -0.299. The van der Waals surface area contributed by atoms with Gasteiger partial charge in [-0.15, -0.1) is 0 Å². The Hall–Kier alpha value is -0.570. The highest BCUT2D eigenvalue weighted by atomic mass is 16.5. The third kappa shape index (κ3) is 5.13. The molecule has 0 amide bonds. The molecule has 0 spiro atoms. The van der Waals surface area contributed by atoms with Crippen molar-refractivity contribution in [1.29, 1.82) is 0 Å². The van der Waals surface area contributed by atoms with Gasteiger partial charge in [-0.3, -0.25) is 4.79 Å². The first-order chi connectivity index (χ1) is 5.37. The third-order valence-corrected chi connectivity index (χ3v) is 1.52. The number of carbonyl (C=O) groups is 1. The summed E-state index contributed by atoms with van der Waals surface area (Å²) in [6.45, 7) is 7.89. The van der Waals surface area contributed by atoms with Crippen LogP contribution in [0, 0.1) is 5.92 Å². The number of nitrogens with two attached hydrogens (primary N) is 1. The summed E-state index contributed by atoms with van der Waals surface area (Å²) in [5.41, 5.74) is 5.46. The molecule has 0 aliphatic heterocycles. The minimum absolute atomic E-state index is 0.107. The van der Waals surface area contributed by atoms with Crippen LogP contribution in [0.5, 0.6) is 0 Å². The number of ether oxygens (including phenoxy) is 1. The summed E-state index contributed by atoms with van der Waals surface area (Å²) < 4.78 is 4.86. The summed E-state index contributed by atoms with van der Waals surface area (Å²) >= 11 is 0. The average Bonchev–Trinajstić information content (AvgIpc) is 1.84. The number of esters is 1. The van der Waals surface area contributed by atoms with Gasteiger partial charge in [0.05, 0.1) is 12.5 Å². The monoisotopic (exact) mass is 173 g/mol. The average molecular weight is 173 g/mol. The summed E-state index contributed by atoms with van der Waals surface area (Å²) in [5.74, 6) is -0.263. The van der Waals surface area contributed by atoms with E-state index in [1.54, 1.807) is 6.92 Å². The molecular formula is C9H19NO2. The van der Waals surface area contributed by atoms with Crippen LogP contribution in [-0.2, 0) is 9.53 Å². The Labute approximate surface area is 74.3 Å². The molecule has 0 saturated heterocycles. The van der Waals surface area contributed by atoms with Crippen molar-refractivity contribution in [1.82, 2.24) is 0 Å². The predicted molar refractivity (Wildman–Crippen MR) is 48.7 cm³/mol. The van der Waals surface area contributed by atoms with E-state index in [0.29, 0.717) is 13.0 Å². The lowest BCUT2D eigenvalue weighted by molar-refractivity contribution is -0.148. The maximum atomic E-state index is 11.1. The molecule has 1 atom stereocenters. The molecule has 0 aromatic heterocycles. The lowest BCUT2D eigenvalue weighted by Gasteiger charge is -2.21. The van der Waals surface area contributed by atoms with E-state index in [9.17, 15) is 4.79 Å². The molecule has 0 aromatic carbocycles. The van der Waals surface area contributed by atoms with E-state index in [-0.39, 0.29) is 17.4 Å². The topological polar surface area (TPSA) is 52.3 Å². The highest BCUT2D eigenvalue weighted by molar-refractivity contribution is 5.72. The fourth-order valence-corrected chi connectivity index (χ4v) is 1.16. The molecule has 1 unspecified atom stereocenters. The molecule has 0 aliphatic rings. The second-order valence-corrected chi connectivity index (χ2v) is 3.85. The second kappa shape index (κ2) is 4.45. The summed E-state index contributed by atoms with van der Waals surface area (Å²) in [6.07, 6.45) is 0.659. The maximum absolute atomic E-state index is 11.1. The quantitative estimate of drug-likeness (QED) is 0.652. The zero-order valence-electron chi connectivity index (χ0n) is 8.39. The van der Waals surface area contributed by atoms with Crippen LogP contribution in [0.3, 0.4) is 0 Å². The van der Waals surface area contributed by atoms with E-state index in [4.69, 9.17) is 10.5 Å². The molecule has 0 bridgehead atoms. The van der Waals surface area contributed by atoms with Crippen molar-refractivity contribution >= 4 is 5.97 Å². The van der Waals surface area contributed by atoms with Crippen LogP contribution in [0.4, 0.5) is 0 Å². The van der Waals surface area contributed by atoms with Gasteiger partial charge < -0.3 is 10.5 Å². The molecule has 2 N–H and O–H groups in total. The summed E-state index contributed by atoms with van der Waals surface area (Å²) in [4.78, 5) is 11.1. The SMILES string of the molecule is CCOC(=O)C(C)CC(C)(C)N. The highest BCUT2D eigenvalue weighted by Gasteiger charge is 2.21.